The minimum absolute atomic E-state index is 0.173. The number of phenolic OH excluding ortho intramolecular Hbond substituents is 1. The molecule has 0 bridgehead atoms. The van der Waals surface area contributed by atoms with Crippen molar-refractivity contribution < 1.29 is 9.84 Å². The zero-order valence-electron chi connectivity index (χ0n) is 10.0. The average Bonchev–Trinajstić information content (AvgIpc) is 2.36. The van der Waals surface area contributed by atoms with Crippen molar-refractivity contribution in [1.82, 2.24) is 5.32 Å². The lowest BCUT2D eigenvalue weighted by Gasteiger charge is -2.24. The molecule has 0 aliphatic carbocycles. The summed E-state index contributed by atoms with van der Waals surface area (Å²) in [6, 6.07) is 3.87. The highest BCUT2D eigenvalue weighted by atomic mass is 35.5. The molecule has 1 heterocycles. The Morgan fingerprint density at radius 3 is 2.94 bits per heavy atom. The number of hydrogen-bond donors (Lipinski definition) is 2. The van der Waals surface area contributed by atoms with Crippen LogP contribution in [-0.4, -0.2) is 24.8 Å². The van der Waals surface area contributed by atoms with Gasteiger partial charge in [-0.15, -0.1) is 0 Å². The second-order valence-corrected chi connectivity index (χ2v) is 4.83. The van der Waals surface area contributed by atoms with E-state index in [0.29, 0.717) is 16.8 Å². The predicted molar refractivity (Wildman–Crippen MR) is 69.0 cm³/mol. The van der Waals surface area contributed by atoms with Crippen LogP contribution in [0.5, 0.6) is 11.5 Å². The molecule has 1 aromatic carbocycles. The molecule has 1 aliphatic heterocycles. The van der Waals surface area contributed by atoms with Crippen LogP contribution in [0.3, 0.4) is 0 Å². The number of methoxy groups -OCH3 is 1. The van der Waals surface area contributed by atoms with Crippen molar-refractivity contribution in [3.05, 3.63) is 22.7 Å². The molecule has 0 saturated carbocycles. The molecule has 1 unspecified atom stereocenters. The van der Waals surface area contributed by atoms with E-state index in [4.69, 9.17) is 16.3 Å². The Hall–Kier alpha value is -0.930. The van der Waals surface area contributed by atoms with Crippen molar-refractivity contribution in [3.63, 3.8) is 0 Å². The zero-order chi connectivity index (χ0) is 12.3. The highest BCUT2D eigenvalue weighted by molar-refractivity contribution is 6.31. The Kier molecular flexibility index (Phi) is 4.13. The molecule has 1 saturated heterocycles. The summed E-state index contributed by atoms with van der Waals surface area (Å²) in [5.74, 6) is 0.660. The van der Waals surface area contributed by atoms with E-state index in [-0.39, 0.29) is 5.75 Å². The largest absolute Gasteiger partial charge is 0.504 e. The highest BCUT2D eigenvalue weighted by Crippen LogP contribution is 2.36. The molecule has 1 fully saturated rings. The quantitative estimate of drug-likeness (QED) is 0.873. The number of rotatable bonds is 3. The lowest BCUT2D eigenvalue weighted by Crippen LogP contribution is -2.35. The molecule has 4 heteroatoms. The summed E-state index contributed by atoms with van der Waals surface area (Å²) in [7, 11) is 1.55. The van der Waals surface area contributed by atoms with Gasteiger partial charge in [0.1, 0.15) is 0 Å². The Morgan fingerprint density at radius 1 is 1.47 bits per heavy atom. The van der Waals surface area contributed by atoms with Crippen LogP contribution < -0.4 is 10.1 Å². The summed E-state index contributed by atoms with van der Waals surface area (Å²) >= 11 is 6.13. The van der Waals surface area contributed by atoms with E-state index in [1.165, 1.54) is 12.8 Å². The Labute approximate surface area is 107 Å². The van der Waals surface area contributed by atoms with Crippen molar-refractivity contribution in [1.29, 1.82) is 0 Å². The molecule has 1 aromatic rings. The molecule has 3 nitrogen and oxygen atoms in total. The topological polar surface area (TPSA) is 41.5 Å². The number of benzene rings is 1. The first-order chi connectivity index (χ1) is 8.22. The number of ether oxygens (including phenoxy) is 1. The smallest absolute Gasteiger partial charge is 0.162 e. The van der Waals surface area contributed by atoms with Crippen LogP contribution >= 0.6 is 11.6 Å². The van der Waals surface area contributed by atoms with Crippen LogP contribution in [0.1, 0.15) is 24.8 Å². The van der Waals surface area contributed by atoms with Crippen molar-refractivity contribution in [2.75, 3.05) is 13.7 Å². The van der Waals surface area contributed by atoms with Crippen molar-refractivity contribution in [2.45, 2.75) is 31.7 Å². The van der Waals surface area contributed by atoms with Crippen LogP contribution in [0.25, 0.3) is 0 Å². The molecular weight excluding hydrogens is 238 g/mol. The van der Waals surface area contributed by atoms with E-state index < -0.39 is 0 Å². The fraction of sp³-hybridized carbons (Fsp3) is 0.538. The third-order valence-electron chi connectivity index (χ3n) is 3.27. The first kappa shape index (κ1) is 12.5. The molecule has 0 amide bonds. The van der Waals surface area contributed by atoms with Gasteiger partial charge in [0, 0.05) is 16.6 Å². The number of aromatic hydroxyl groups is 1. The molecule has 2 N–H and O–H groups in total. The monoisotopic (exact) mass is 255 g/mol. The highest BCUT2D eigenvalue weighted by Gasteiger charge is 2.18. The molecule has 1 atom stereocenters. The molecule has 0 aromatic heterocycles. The minimum Gasteiger partial charge on any atom is -0.504 e. The number of phenols is 1. The third-order valence-corrected chi connectivity index (χ3v) is 3.63. The first-order valence-corrected chi connectivity index (χ1v) is 6.38. The maximum absolute atomic E-state index is 10.1. The second-order valence-electron chi connectivity index (χ2n) is 4.43. The van der Waals surface area contributed by atoms with Gasteiger partial charge in [-0.1, -0.05) is 18.0 Å². The minimum atomic E-state index is 0.173. The van der Waals surface area contributed by atoms with Gasteiger partial charge in [-0.05, 0) is 37.9 Å². The maximum atomic E-state index is 10.1. The Balaban J connectivity index is 2.18. The van der Waals surface area contributed by atoms with Gasteiger partial charge in [0.05, 0.1) is 7.11 Å². The predicted octanol–water partition coefficient (Wildman–Crippen LogP) is 2.74. The molecule has 94 valence electrons. The van der Waals surface area contributed by atoms with Crippen molar-refractivity contribution >= 4 is 11.6 Å². The lowest BCUT2D eigenvalue weighted by atomic mass is 9.97. The van der Waals surface area contributed by atoms with Crippen LogP contribution in [0.4, 0.5) is 0 Å². The van der Waals surface area contributed by atoms with Gasteiger partial charge < -0.3 is 15.2 Å². The molecule has 17 heavy (non-hydrogen) atoms. The van der Waals surface area contributed by atoms with Gasteiger partial charge in [0.15, 0.2) is 11.5 Å². The van der Waals surface area contributed by atoms with Crippen LogP contribution in [0.2, 0.25) is 5.02 Å². The van der Waals surface area contributed by atoms with E-state index >= 15 is 0 Å². The Bertz CT molecular complexity index is 389. The van der Waals surface area contributed by atoms with E-state index in [1.807, 2.05) is 0 Å². The van der Waals surface area contributed by atoms with Crippen LogP contribution in [0.15, 0.2) is 12.1 Å². The molecule has 2 rings (SSSR count). The van der Waals surface area contributed by atoms with Gasteiger partial charge in [-0.3, -0.25) is 0 Å². The van der Waals surface area contributed by atoms with Gasteiger partial charge in [0.2, 0.25) is 0 Å². The van der Waals surface area contributed by atoms with Crippen molar-refractivity contribution in [2.24, 2.45) is 0 Å². The summed E-state index contributed by atoms with van der Waals surface area (Å²) in [5, 5.41) is 14.1. The number of hydrogen-bond acceptors (Lipinski definition) is 3. The SMILES string of the molecule is COc1ccc(Cl)c(CC2CCCCN2)c1O. The average molecular weight is 256 g/mol. The summed E-state index contributed by atoms with van der Waals surface area (Å²) in [4.78, 5) is 0. The maximum Gasteiger partial charge on any atom is 0.162 e. The fourth-order valence-electron chi connectivity index (χ4n) is 2.29. The Morgan fingerprint density at radius 2 is 2.29 bits per heavy atom. The van der Waals surface area contributed by atoms with E-state index in [1.54, 1.807) is 19.2 Å². The third kappa shape index (κ3) is 2.85. The van der Waals surface area contributed by atoms with Gasteiger partial charge in [0.25, 0.3) is 0 Å². The van der Waals surface area contributed by atoms with Gasteiger partial charge in [-0.25, -0.2) is 0 Å². The van der Waals surface area contributed by atoms with Crippen LogP contribution in [-0.2, 0) is 6.42 Å². The first-order valence-electron chi connectivity index (χ1n) is 6.00. The molecule has 0 spiro atoms. The van der Waals surface area contributed by atoms with E-state index in [0.717, 1.165) is 24.9 Å². The summed E-state index contributed by atoms with van der Waals surface area (Å²) < 4.78 is 5.10. The lowest BCUT2D eigenvalue weighted by molar-refractivity contribution is 0.362. The number of halogens is 1. The van der Waals surface area contributed by atoms with Gasteiger partial charge in [-0.2, -0.15) is 0 Å². The van der Waals surface area contributed by atoms with Crippen molar-refractivity contribution in [3.8, 4) is 11.5 Å². The molecular formula is C13H18ClNO2. The van der Waals surface area contributed by atoms with Crippen LogP contribution in [0, 0.1) is 0 Å². The van der Waals surface area contributed by atoms with E-state index in [9.17, 15) is 5.11 Å². The molecule has 1 aliphatic rings. The van der Waals surface area contributed by atoms with Gasteiger partial charge >= 0.3 is 0 Å². The summed E-state index contributed by atoms with van der Waals surface area (Å²) in [5.41, 5.74) is 0.783. The second kappa shape index (κ2) is 5.61. The summed E-state index contributed by atoms with van der Waals surface area (Å²) in [6.07, 6.45) is 4.35. The standard InChI is InChI=1S/C13H18ClNO2/c1-17-12-6-5-11(14)10(13(12)16)8-9-4-2-3-7-15-9/h5-6,9,15-16H,2-4,7-8H2,1H3. The zero-order valence-corrected chi connectivity index (χ0v) is 10.8. The molecule has 0 radical (unpaired) electrons. The number of nitrogens with one attached hydrogen (secondary N) is 1. The summed E-state index contributed by atoms with van der Waals surface area (Å²) in [6.45, 7) is 1.05. The fourth-order valence-corrected chi connectivity index (χ4v) is 2.52. The normalized spacial score (nSPS) is 20.2. The van der Waals surface area contributed by atoms with E-state index in [2.05, 4.69) is 5.32 Å². The number of piperidine rings is 1.